The molecule has 0 N–H and O–H groups in total. The maximum atomic E-state index is 11.6. The third-order valence-electron chi connectivity index (χ3n) is 2.01. The highest BCUT2D eigenvalue weighted by atomic mass is 79.9. The van der Waals surface area contributed by atoms with Gasteiger partial charge in [-0.1, -0.05) is 0 Å². The first kappa shape index (κ1) is 10.6. The van der Waals surface area contributed by atoms with Gasteiger partial charge in [0.1, 0.15) is 6.07 Å². The van der Waals surface area contributed by atoms with Crippen LogP contribution in [0.3, 0.4) is 0 Å². The first-order valence-electron chi connectivity index (χ1n) is 4.46. The fourth-order valence-electron chi connectivity index (χ4n) is 1.30. The summed E-state index contributed by atoms with van der Waals surface area (Å²) >= 11 is 3.27. The van der Waals surface area contributed by atoms with Crippen LogP contribution in [0.5, 0.6) is 0 Å². The van der Waals surface area contributed by atoms with Crippen LogP contribution in [0, 0.1) is 11.3 Å². The number of nitrogens with zero attached hydrogens (tertiary/aromatic N) is 3. The minimum absolute atomic E-state index is 0.224. The highest BCUT2D eigenvalue weighted by Gasteiger charge is 2.06. The van der Waals surface area contributed by atoms with Crippen LogP contribution in [0.1, 0.15) is 5.56 Å². The summed E-state index contributed by atoms with van der Waals surface area (Å²) in [6.45, 7) is 0. The van der Waals surface area contributed by atoms with E-state index in [9.17, 15) is 4.79 Å². The Labute approximate surface area is 99.9 Å². The molecule has 0 saturated heterocycles. The fraction of sp³-hybridized carbons (Fsp3) is 0. The van der Waals surface area contributed by atoms with Gasteiger partial charge in [0, 0.05) is 22.9 Å². The van der Waals surface area contributed by atoms with Crippen molar-refractivity contribution in [1.29, 1.82) is 5.26 Å². The zero-order valence-corrected chi connectivity index (χ0v) is 9.68. The van der Waals surface area contributed by atoms with Gasteiger partial charge in [0.15, 0.2) is 5.82 Å². The molecule has 0 aliphatic heterocycles. The van der Waals surface area contributed by atoms with Crippen molar-refractivity contribution in [3.63, 3.8) is 0 Å². The standard InChI is InChI=1S/C11H6BrN3O/c12-9-3-4-10(16)15(7-9)11-8(6-13)2-1-5-14-11/h1-5,7H. The van der Waals surface area contributed by atoms with Gasteiger partial charge >= 0.3 is 0 Å². The average molecular weight is 276 g/mol. The molecule has 2 heterocycles. The predicted octanol–water partition coefficient (Wildman–Crippen LogP) is 1.87. The lowest BCUT2D eigenvalue weighted by Gasteiger charge is -2.05. The van der Waals surface area contributed by atoms with E-state index >= 15 is 0 Å². The average Bonchev–Trinajstić information content (AvgIpc) is 2.32. The monoisotopic (exact) mass is 275 g/mol. The van der Waals surface area contributed by atoms with Crippen LogP contribution >= 0.6 is 15.9 Å². The summed E-state index contributed by atoms with van der Waals surface area (Å²) in [4.78, 5) is 15.7. The van der Waals surface area contributed by atoms with E-state index in [0.717, 1.165) is 4.47 Å². The van der Waals surface area contributed by atoms with Crippen molar-refractivity contribution in [3.8, 4) is 11.9 Å². The molecule has 5 heteroatoms. The second kappa shape index (κ2) is 4.29. The van der Waals surface area contributed by atoms with Crippen molar-refractivity contribution < 1.29 is 0 Å². The smallest absolute Gasteiger partial charge is 0.256 e. The number of hydrogen-bond donors (Lipinski definition) is 0. The Morgan fingerprint density at radius 3 is 2.94 bits per heavy atom. The van der Waals surface area contributed by atoms with Crippen molar-refractivity contribution >= 4 is 15.9 Å². The van der Waals surface area contributed by atoms with Gasteiger partial charge < -0.3 is 0 Å². The Hall–Kier alpha value is -1.93. The first-order valence-corrected chi connectivity index (χ1v) is 5.25. The van der Waals surface area contributed by atoms with Gasteiger partial charge in [0.2, 0.25) is 0 Å². The molecular weight excluding hydrogens is 270 g/mol. The van der Waals surface area contributed by atoms with E-state index in [-0.39, 0.29) is 5.56 Å². The number of halogens is 1. The molecule has 0 aromatic carbocycles. The third-order valence-corrected chi connectivity index (χ3v) is 2.48. The van der Waals surface area contributed by atoms with Crippen LogP contribution in [0.15, 0.2) is 45.9 Å². The van der Waals surface area contributed by atoms with E-state index in [2.05, 4.69) is 20.9 Å². The molecule has 0 aliphatic carbocycles. The fourth-order valence-corrected chi connectivity index (χ4v) is 1.64. The van der Waals surface area contributed by atoms with Crippen molar-refractivity contribution in [2.24, 2.45) is 0 Å². The highest BCUT2D eigenvalue weighted by molar-refractivity contribution is 9.10. The lowest BCUT2D eigenvalue weighted by molar-refractivity contribution is 0.930. The van der Waals surface area contributed by atoms with E-state index in [1.807, 2.05) is 6.07 Å². The number of aromatic nitrogens is 2. The first-order chi connectivity index (χ1) is 7.72. The van der Waals surface area contributed by atoms with E-state index in [1.165, 1.54) is 10.6 Å². The number of hydrogen-bond acceptors (Lipinski definition) is 3. The molecule has 0 fully saturated rings. The van der Waals surface area contributed by atoms with Crippen molar-refractivity contribution in [2.45, 2.75) is 0 Å². The summed E-state index contributed by atoms with van der Waals surface area (Å²) in [5.74, 6) is 0.344. The maximum absolute atomic E-state index is 11.6. The number of nitriles is 1. The van der Waals surface area contributed by atoms with Crippen molar-refractivity contribution in [2.75, 3.05) is 0 Å². The molecule has 2 aromatic rings. The summed E-state index contributed by atoms with van der Waals surface area (Å²) in [7, 11) is 0. The normalized spacial score (nSPS) is 9.75. The molecule has 78 valence electrons. The molecule has 0 atom stereocenters. The zero-order chi connectivity index (χ0) is 11.5. The molecule has 0 aliphatic rings. The highest BCUT2D eigenvalue weighted by Crippen LogP contribution is 2.11. The Bertz CT molecular complexity index is 628. The molecular formula is C11H6BrN3O. The molecule has 0 radical (unpaired) electrons. The van der Waals surface area contributed by atoms with E-state index in [0.29, 0.717) is 11.4 Å². The van der Waals surface area contributed by atoms with Crippen LogP contribution in [0.4, 0.5) is 0 Å². The topological polar surface area (TPSA) is 58.7 Å². The summed E-state index contributed by atoms with van der Waals surface area (Å²) < 4.78 is 2.09. The second-order valence-electron chi connectivity index (χ2n) is 3.04. The van der Waals surface area contributed by atoms with Crippen LogP contribution in [0.2, 0.25) is 0 Å². The van der Waals surface area contributed by atoms with Gasteiger partial charge in [-0.15, -0.1) is 0 Å². The molecule has 0 amide bonds. The number of rotatable bonds is 1. The molecule has 2 rings (SSSR count). The van der Waals surface area contributed by atoms with E-state index < -0.39 is 0 Å². The maximum Gasteiger partial charge on any atom is 0.256 e. The third kappa shape index (κ3) is 1.88. The molecule has 2 aromatic heterocycles. The Balaban J connectivity index is 2.73. The largest absolute Gasteiger partial charge is 0.269 e. The van der Waals surface area contributed by atoms with Crippen LogP contribution in [-0.2, 0) is 0 Å². The molecule has 0 spiro atoms. The van der Waals surface area contributed by atoms with E-state index in [4.69, 9.17) is 5.26 Å². The van der Waals surface area contributed by atoms with Crippen LogP contribution < -0.4 is 5.56 Å². The zero-order valence-electron chi connectivity index (χ0n) is 8.09. The van der Waals surface area contributed by atoms with Gasteiger partial charge in [0.25, 0.3) is 5.56 Å². The summed E-state index contributed by atoms with van der Waals surface area (Å²) in [5.41, 5.74) is 0.140. The summed E-state index contributed by atoms with van der Waals surface area (Å²) in [6, 6.07) is 8.34. The van der Waals surface area contributed by atoms with Gasteiger partial charge in [0.05, 0.1) is 5.56 Å². The lowest BCUT2D eigenvalue weighted by Crippen LogP contribution is -2.18. The molecule has 0 saturated carbocycles. The van der Waals surface area contributed by atoms with Gasteiger partial charge in [-0.3, -0.25) is 9.36 Å². The SMILES string of the molecule is N#Cc1cccnc1-n1cc(Br)ccc1=O. The molecule has 0 unspecified atom stereocenters. The van der Waals surface area contributed by atoms with Gasteiger partial charge in [-0.05, 0) is 34.1 Å². The molecule has 16 heavy (non-hydrogen) atoms. The van der Waals surface area contributed by atoms with Gasteiger partial charge in [-0.25, -0.2) is 4.98 Å². The second-order valence-corrected chi connectivity index (χ2v) is 3.96. The quantitative estimate of drug-likeness (QED) is 0.798. The van der Waals surface area contributed by atoms with Crippen molar-refractivity contribution in [1.82, 2.24) is 9.55 Å². The summed E-state index contributed by atoms with van der Waals surface area (Å²) in [6.07, 6.45) is 3.13. The molecule has 0 bridgehead atoms. The van der Waals surface area contributed by atoms with Crippen molar-refractivity contribution in [3.05, 3.63) is 57.0 Å². The summed E-state index contributed by atoms with van der Waals surface area (Å²) in [5, 5.41) is 8.92. The Morgan fingerprint density at radius 1 is 1.38 bits per heavy atom. The van der Waals surface area contributed by atoms with Crippen LogP contribution in [-0.4, -0.2) is 9.55 Å². The lowest BCUT2D eigenvalue weighted by atomic mass is 10.3. The van der Waals surface area contributed by atoms with Crippen LogP contribution in [0.25, 0.3) is 5.82 Å². The van der Waals surface area contributed by atoms with E-state index in [1.54, 1.807) is 30.6 Å². The minimum atomic E-state index is -0.224. The van der Waals surface area contributed by atoms with Gasteiger partial charge in [-0.2, -0.15) is 5.26 Å². The Kier molecular flexibility index (Phi) is 2.84. The minimum Gasteiger partial charge on any atom is -0.269 e. The predicted molar refractivity (Wildman–Crippen MR) is 62.2 cm³/mol. The Morgan fingerprint density at radius 2 is 2.19 bits per heavy atom. The number of pyridine rings is 2. The molecule has 4 nitrogen and oxygen atoms in total.